The number of morpholine rings is 1. The molecule has 5 heteroatoms. The number of nitrogens with one attached hydrogen (secondary N) is 1. The van der Waals surface area contributed by atoms with Gasteiger partial charge < -0.3 is 15.2 Å². The average molecular weight is 383 g/mol. The maximum absolute atomic E-state index is 12.5. The first kappa shape index (κ1) is 20.5. The Hall–Kier alpha value is -2.21. The standard InChI is InChI=1S/C23H30N2O3/c1-2-4-22(26)19-9-7-18(8-10-19)20-5-3-6-21(17-20)23(27)24-11-12-25-13-15-28-16-14-25/h3,5-10,17,22,26H,2,4,11-16H2,1H3,(H,24,27)/t22-/m1/s1. The number of carbonyl (C=O) groups is 1. The summed E-state index contributed by atoms with van der Waals surface area (Å²) in [6, 6.07) is 15.6. The van der Waals surface area contributed by atoms with Gasteiger partial charge in [-0.3, -0.25) is 9.69 Å². The molecule has 0 aliphatic carbocycles. The van der Waals surface area contributed by atoms with Crippen LogP contribution in [0.2, 0.25) is 0 Å². The second-order valence-electron chi connectivity index (χ2n) is 7.22. The van der Waals surface area contributed by atoms with E-state index in [2.05, 4.69) is 17.1 Å². The molecule has 0 spiro atoms. The summed E-state index contributed by atoms with van der Waals surface area (Å²) >= 11 is 0. The van der Waals surface area contributed by atoms with Gasteiger partial charge in [0.25, 0.3) is 5.91 Å². The quantitative estimate of drug-likeness (QED) is 0.736. The normalized spacial score (nSPS) is 15.9. The van der Waals surface area contributed by atoms with E-state index < -0.39 is 6.10 Å². The molecule has 1 fully saturated rings. The van der Waals surface area contributed by atoms with Gasteiger partial charge in [0, 0.05) is 31.7 Å². The number of hydrogen-bond acceptors (Lipinski definition) is 4. The second kappa shape index (κ2) is 10.4. The summed E-state index contributed by atoms with van der Waals surface area (Å²) in [4.78, 5) is 14.8. The van der Waals surface area contributed by atoms with Crippen molar-refractivity contribution in [3.8, 4) is 11.1 Å². The highest BCUT2D eigenvalue weighted by Gasteiger charge is 2.12. The summed E-state index contributed by atoms with van der Waals surface area (Å²) in [6.07, 6.45) is 1.30. The zero-order valence-electron chi connectivity index (χ0n) is 16.6. The minimum Gasteiger partial charge on any atom is -0.388 e. The predicted octanol–water partition coefficient (Wildman–Crippen LogP) is 3.25. The molecule has 5 nitrogen and oxygen atoms in total. The summed E-state index contributed by atoms with van der Waals surface area (Å²) in [7, 11) is 0. The first-order valence-electron chi connectivity index (χ1n) is 10.1. The Morgan fingerprint density at radius 1 is 1.14 bits per heavy atom. The number of nitrogens with zero attached hydrogens (tertiary/aromatic N) is 1. The van der Waals surface area contributed by atoms with Crippen LogP contribution >= 0.6 is 0 Å². The lowest BCUT2D eigenvalue weighted by atomic mass is 9.99. The molecule has 1 atom stereocenters. The lowest BCUT2D eigenvalue weighted by Crippen LogP contribution is -2.41. The van der Waals surface area contributed by atoms with E-state index >= 15 is 0 Å². The molecule has 0 bridgehead atoms. The Morgan fingerprint density at radius 3 is 2.61 bits per heavy atom. The Balaban J connectivity index is 1.59. The molecule has 0 unspecified atom stereocenters. The van der Waals surface area contributed by atoms with Crippen LogP contribution in [0.25, 0.3) is 11.1 Å². The third-order valence-corrected chi connectivity index (χ3v) is 5.13. The highest BCUT2D eigenvalue weighted by Crippen LogP contribution is 2.24. The SMILES string of the molecule is CCC[C@@H](O)c1ccc(-c2cccc(C(=O)NCCN3CCOCC3)c2)cc1. The van der Waals surface area contributed by atoms with Gasteiger partial charge in [0.2, 0.25) is 0 Å². The monoisotopic (exact) mass is 382 g/mol. The minimum atomic E-state index is -0.414. The van der Waals surface area contributed by atoms with Crippen LogP contribution in [0.5, 0.6) is 0 Å². The first-order valence-corrected chi connectivity index (χ1v) is 10.1. The van der Waals surface area contributed by atoms with Crippen LogP contribution in [0.1, 0.15) is 41.8 Å². The minimum absolute atomic E-state index is 0.0508. The molecule has 0 saturated carbocycles. The predicted molar refractivity (Wildman–Crippen MR) is 111 cm³/mol. The first-order chi connectivity index (χ1) is 13.7. The summed E-state index contributed by atoms with van der Waals surface area (Å²) in [5.41, 5.74) is 3.63. The van der Waals surface area contributed by atoms with Gasteiger partial charge in [-0.1, -0.05) is 49.7 Å². The smallest absolute Gasteiger partial charge is 0.251 e. The summed E-state index contributed by atoms with van der Waals surface area (Å²) < 4.78 is 5.34. The van der Waals surface area contributed by atoms with Crippen LogP contribution in [0, 0.1) is 0 Å². The van der Waals surface area contributed by atoms with E-state index in [1.807, 2.05) is 48.5 Å². The molecule has 1 heterocycles. The molecule has 0 radical (unpaired) electrons. The zero-order chi connectivity index (χ0) is 19.8. The molecule has 1 aliphatic heterocycles. The van der Waals surface area contributed by atoms with E-state index in [1.54, 1.807) is 0 Å². The molecule has 3 rings (SSSR count). The van der Waals surface area contributed by atoms with Crippen molar-refractivity contribution in [2.45, 2.75) is 25.9 Å². The van der Waals surface area contributed by atoms with Crippen LogP contribution in [0.4, 0.5) is 0 Å². The van der Waals surface area contributed by atoms with Crippen molar-refractivity contribution in [1.29, 1.82) is 0 Å². The molecule has 150 valence electrons. The second-order valence-corrected chi connectivity index (χ2v) is 7.22. The third kappa shape index (κ3) is 5.64. The van der Waals surface area contributed by atoms with Gasteiger partial charge in [0.1, 0.15) is 0 Å². The van der Waals surface area contributed by atoms with Gasteiger partial charge in [0.15, 0.2) is 0 Å². The Bertz CT molecular complexity index is 755. The van der Waals surface area contributed by atoms with Gasteiger partial charge in [-0.2, -0.15) is 0 Å². The van der Waals surface area contributed by atoms with Crippen molar-refractivity contribution in [3.05, 3.63) is 59.7 Å². The molecular formula is C23H30N2O3. The summed E-state index contributed by atoms with van der Waals surface area (Å²) in [5.74, 6) is -0.0508. The van der Waals surface area contributed by atoms with E-state index in [0.29, 0.717) is 12.1 Å². The van der Waals surface area contributed by atoms with Crippen LogP contribution in [-0.4, -0.2) is 55.3 Å². The molecule has 2 N–H and O–H groups in total. The van der Waals surface area contributed by atoms with Crippen LogP contribution < -0.4 is 5.32 Å². The zero-order valence-corrected chi connectivity index (χ0v) is 16.6. The Morgan fingerprint density at radius 2 is 1.89 bits per heavy atom. The molecule has 1 saturated heterocycles. The number of aliphatic hydroxyl groups is 1. The fourth-order valence-corrected chi connectivity index (χ4v) is 3.43. The molecule has 1 aliphatic rings. The van der Waals surface area contributed by atoms with Crippen molar-refractivity contribution >= 4 is 5.91 Å². The lowest BCUT2D eigenvalue weighted by molar-refractivity contribution is 0.0383. The van der Waals surface area contributed by atoms with Crippen LogP contribution in [0.15, 0.2) is 48.5 Å². The maximum atomic E-state index is 12.5. The van der Waals surface area contributed by atoms with Gasteiger partial charge in [-0.15, -0.1) is 0 Å². The van der Waals surface area contributed by atoms with Crippen molar-refractivity contribution in [2.75, 3.05) is 39.4 Å². The third-order valence-electron chi connectivity index (χ3n) is 5.13. The Kier molecular flexibility index (Phi) is 7.60. The fourth-order valence-electron chi connectivity index (χ4n) is 3.43. The molecule has 1 amide bonds. The summed E-state index contributed by atoms with van der Waals surface area (Å²) in [6.45, 7) is 6.93. The fraction of sp³-hybridized carbons (Fsp3) is 0.435. The largest absolute Gasteiger partial charge is 0.388 e. The lowest BCUT2D eigenvalue weighted by Gasteiger charge is -2.26. The number of hydrogen-bond donors (Lipinski definition) is 2. The molecule has 28 heavy (non-hydrogen) atoms. The highest BCUT2D eigenvalue weighted by molar-refractivity contribution is 5.95. The number of benzene rings is 2. The van der Waals surface area contributed by atoms with Crippen molar-refractivity contribution in [2.24, 2.45) is 0 Å². The molecule has 0 aromatic heterocycles. The Labute approximate surface area is 167 Å². The topological polar surface area (TPSA) is 61.8 Å². The number of amides is 1. The van der Waals surface area contributed by atoms with Crippen molar-refractivity contribution in [3.63, 3.8) is 0 Å². The van der Waals surface area contributed by atoms with Crippen molar-refractivity contribution < 1.29 is 14.6 Å². The number of ether oxygens (including phenoxy) is 1. The van der Waals surface area contributed by atoms with E-state index in [1.165, 1.54) is 0 Å². The van der Waals surface area contributed by atoms with E-state index in [9.17, 15) is 9.90 Å². The molecule has 2 aromatic rings. The number of carbonyl (C=O) groups excluding carboxylic acids is 1. The van der Waals surface area contributed by atoms with Gasteiger partial charge in [0.05, 0.1) is 19.3 Å². The highest BCUT2D eigenvalue weighted by atomic mass is 16.5. The molecule has 2 aromatic carbocycles. The van der Waals surface area contributed by atoms with E-state index in [0.717, 1.165) is 62.4 Å². The number of rotatable bonds is 8. The van der Waals surface area contributed by atoms with E-state index in [4.69, 9.17) is 4.74 Å². The van der Waals surface area contributed by atoms with Crippen LogP contribution in [-0.2, 0) is 4.74 Å². The maximum Gasteiger partial charge on any atom is 0.251 e. The van der Waals surface area contributed by atoms with E-state index in [-0.39, 0.29) is 5.91 Å². The average Bonchev–Trinajstić information content (AvgIpc) is 2.75. The van der Waals surface area contributed by atoms with Crippen LogP contribution in [0.3, 0.4) is 0 Å². The number of aliphatic hydroxyl groups excluding tert-OH is 1. The summed E-state index contributed by atoms with van der Waals surface area (Å²) in [5, 5.41) is 13.1. The molecular weight excluding hydrogens is 352 g/mol. The van der Waals surface area contributed by atoms with Crippen molar-refractivity contribution in [1.82, 2.24) is 10.2 Å². The van der Waals surface area contributed by atoms with Gasteiger partial charge >= 0.3 is 0 Å². The van der Waals surface area contributed by atoms with Gasteiger partial charge in [-0.05, 0) is 35.2 Å². The van der Waals surface area contributed by atoms with Gasteiger partial charge in [-0.25, -0.2) is 0 Å².